The van der Waals surface area contributed by atoms with Gasteiger partial charge >= 0.3 is 0 Å². The number of nitrogens with one attached hydrogen (secondary N) is 2. The lowest BCUT2D eigenvalue weighted by molar-refractivity contribution is 0.0683. The summed E-state index contributed by atoms with van der Waals surface area (Å²) in [6.45, 7) is 0. The third kappa shape index (κ3) is 2.94. The summed E-state index contributed by atoms with van der Waals surface area (Å²) in [6.07, 6.45) is 4.41. The van der Waals surface area contributed by atoms with E-state index >= 15 is 0 Å². The van der Waals surface area contributed by atoms with Crippen molar-refractivity contribution in [2.75, 3.05) is 7.05 Å². The van der Waals surface area contributed by atoms with E-state index in [2.05, 4.69) is 10.3 Å². The molecule has 1 aromatic carbocycles. The van der Waals surface area contributed by atoms with Crippen LogP contribution in [0.3, 0.4) is 0 Å². The van der Waals surface area contributed by atoms with Crippen molar-refractivity contribution in [2.45, 2.75) is 43.8 Å². The first-order valence-electron chi connectivity index (χ1n) is 8.27. The molecule has 2 unspecified atom stereocenters. The molecule has 5 nitrogen and oxygen atoms in total. The van der Waals surface area contributed by atoms with Crippen LogP contribution in [-0.4, -0.2) is 41.0 Å². The number of halogens is 1. The Morgan fingerprint density at radius 1 is 1.17 bits per heavy atom. The van der Waals surface area contributed by atoms with E-state index < -0.39 is 0 Å². The molecule has 1 aromatic heterocycles. The van der Waals surface area contributed by atoms with Gasteiger partial charge in [0, 0.05) is 42.1 Å². The molecule has 2 saturated heterocycles. The lowest BCUT2D eigenvalue weighted by Gasteiger charge is -2.35. The lowest BCUT2D eigenvalue weighted by Crippen LogP contribution is -2.48. The monoisotopic (exact) mass is 347 g/mol. The minimum atomic E-state index is -0.231. The predicted molar refractivity (Wildman–Crippen MR) is 96.9 cm³/mol. The average Bonchev–Trinajstić information content (AvgIpc) is 2.90. The molecule has 3 heterocycles. The van der Waals surface area contributed by atoms with Crippen LogP contribution in [0.1, 0.15) is 36.0 Å². The summed E-state index contributed by atoms with van der Waals surface area (Å²) >= 11 is 0. The standard InChI is InChI=1S/C18H21N3O2.ClH/c1-21(13-8-11-6-7-12(9-13)19-11)18(23)15-10-17(22)20-16-5-3-2-4-14(15)16;/h2-5,10-13,19H,6-9H2,1H3,(H,20,22);1H. The molecule has 2 bridgehead atoms. The second-order valence-corrected chi connectivity index (χ2v) is 6.77. The Labute approximate surface area is 146 Å². The topological polar surface area (TPSA) is 65.2 Å². The van der Waals surface area contributed by atoms with E-state index in [0.717, 1.165) is 18.2 Å². The first-order valence-corrected chi connectivity index (χ1v) is 8.27. The van der Waals surface area contributed by atoms with Gasteiger partial charge in [-0.1, -0.05) is 18.2 Å². The van der Waals surface area contributed by atoms with Crippen molar-refractivity contribution >= 4 is 29.2 Å². The Hall–Kier alpha value is -1.85. The number of rotatable bonds is 2. The normalized spacial score (nSPS) is 25.3. The van der Waals surface area contributed by atoms with Crippen LogP contribution < -0.4 is 10.9 Å². The van der Waals surface area contributed by atoms with Crippen LogP contribution in [0.5, 0.6) is 0 Å². The van der Waals surface area contributed by atoms with Gasteiger partial charge in [-0.2, -0.15) is 0 Å². The zero-order valence-corrected chi connectivity index (χ0v) is 14.4. The van der Waals surface area contributed by atoms with Gasteiger partial charge in [0.2, 0.25) is 5.56 Å². The number of carbonyl (C=O) groups excluding carboxylic acids is 1. The molecule has 2 N–H and O–H groups in total. The molecule has 2 aliphatic heterocycles. The zero-order valence-electron chi connectivity index (χ0n) is 13.6. The molecule has 0 radical (unpaired) electrons. The Kier molecular flexibility index (Phi) is 4.65. The van der Waals surface area contributed by atoms with E-state index in [-0.39, 0.29) is 29.9 Å². The molecule has 128 valence electrons. The summed E-state index contributed by atoms with van der Waals surface area (Å²) < 4.78 is 0. The van der Waals surface area contributed by atoms with E-state index in [4.69, 9.17) is 0 Å². The molecular formula is C18H22ClN3O2. The van der Waals surface area contributed by atoms with Crippen LogP contribution in [0, 0.1) is 0 Å². The second kappa shape index (κ2) is 6.57. The molecule has 2 atom stereocenters. The first kappa shape index (κ1) is 17.0. The number of carbonyl (C=O) groups is 1. The van der Waals surface area contributed by atoms with Gasteiger partial charge in [-0.15, -0.1) is 12.4 Å². The highest BCUT2D eigenvalue weighted by Crippen LogP contribution is 2.30. The second-order valence-electron chi connectivity index (χ2n) is 6.77. The number of amides is 1. The minimum Gasteiger partial charge on any atom is -0.339 e. The maximum atomic E-state index is 13.0. The molecule has 0 spiro atoms. The molecule has 24 heavy (non-hydrogen) atoms. The average molecular weight is 348 g/mol. The van der Waals surface area contributed by atoms with Crippen LogP contribution in [0.25, 0.3) is 10.9 Å². The van der Waals surface area contributed by atoms with Crippen molar-refractivity contribution in [3.05, 3.63) is 46.2 Å². The summed E-state index contributed by atoms with van der Waals surface area (Å²) in [4.78, 5) is 29.5. The van der Waals surface area contributed by atoms with Crippen LogP contribution in [0.2, 0.25) is 0 Å². The lowest BCUT2D eigenvalue weighted by atomic mass is 9.97. The predicted octanol–water partition coefficient (Wildman–Crippen LogP) is 2.30. The zero-order chi connectivity index (χ0) is 16.0. The summed E-state index contributed by atoms with van der Waals surface area (Å²) in [5.41, 5.74) is 0.977. The number of fused-ring (bicyclic) bond motifs is 3. The SMILES string of the molecule is CN(C(=O)c1cc(=O)[nH]c2ccccc12)C1CC2CCC(C1)N2.Cl. The van der Waals surface area contributed by atoms with Crippen molar-refractivity contribution in [1.29, 1.82) is 0 Å². The van der Waals surface area contributed by atoms with E-state index in [0.29, 0.717) is 23.2 Å². The molecule has 2 aliphatic rings. The Morgan fingerprint density at radius 3 is 2.54 bits per heavy atom. The van der Waals surface area contributed by atoms with Gasteiger partial charge in [0.1, 0.15) is 0 Å². The number of aromatic nitrogens is 1. The fourth-order valence-electron chi connectivity index (χ4n) is 4.08. The van der Waals surface area contributed by atoms with Crippen molar-refractivity contribution in [1.82, 2.24) is 15.2 Å². The van der Waals surface area contributed by atoms with E-state index in [1.54, 1.807) is 0 Å². The number of pyridine rings is 1. The summed E-state index contributed by atoms with van der Waals surface area (Å²) in [5.74, 6) is -0.0569. The van der Waals surface area contributed by atoms with Gasteiger partial charge in [-0.25, -0.2) is 0 Å². The van der Waals surface area contributed by atoms with Crippen molar-refractivity contribution in [3.8, 4) is 0 Å². The molecule has 2 fully saturated rings. The molecular weight excluding hydrogens is 326 g/mol. The number of para-hydroxylation sites is 1. The highest BCUT2D eigenvalue weighted by Gasteiger charge is 2.36. The smallest absolute Gasteiger partial charge is 0.254 e. The fraction of sp³-hybridized carbons (Fsp3) is 0.444. The highest BCUT2D eigenvalue weighted by atomic mass is 35.5. The highest BCUT2D eigenvalue weighted by molar-refractivity contribution is 6.05. The largest absolute Gasteiger partial charge is 0.339 e. The first-order chi connectivity index (χ1) is 11.1. The third-order valence-corrected chi connectivity index (χ3v) is 5.30. The van der Waals surface area contributed by atoms with Crippen molar-refractivity contribution in [2.24, 2.45) is 0 Å². The summed E-state index contributed by atoms with van der Waals surface area (Å²) in [6, 6.07) is 10.2. The third-order valence-electron chi connectivity index (χ3n) is 5.30. The minimum absolute atomic E-state index is 0. The summed E-state index contributed by atoms with van der Waals surface area (Å²) in [5, 5.41) is 4.41. The van der Waals surface area contributed by atoms with Gasteiger partial charge in [-0.05, 0) is 31.7 Å². The van der Waals surface area contributed by atoms with Crippen LogP contribution in [0.15, 0.2) is 35.1 Å². The molecule has 6 heteroatoms. The van der Waals surface area contributed by atoms with Gasteiger partial charge in [0.15, 0.2) is 0 Å². The quantitative estimate of drug-likeness (QED) is 0.876. The number of hydrogen-bond donors (Lipinski definition) is 2. The number of H-pyrrole nitrogens is 1. The Balaban J connectivity index is 0.00000169. The van der Waals surface area contributed by atoms with Crippen LogP contribution in [-0.2, 0) is 0 Å². The number of benzene rings is 1. The van der Waals surface area contributed by atoms with Gasteiger partial charge in [-0.3, -0.25) is 9.59 Å². The molecule has 1 amide bonds. The number of piperidine rings is 1. The van der Waals surface area contributed by atoms with Gasteiger partial charge in [0.05, 0.1) is 5.56 Å². The van der Waals surface area contributed by atoms with Crippen molar-refractivity contribution < 1.29 is 4.79 Å². The maximum Gasteiger partial charge on any atom is 0.254 e. The number of nitrogens with zero attached hydrogens (tertiary/aromatic N) is 1. The molecule has 2 aromatic rings. The van der Waals surface area contributed by atoms with Gasteiger partial charge < -0.3 is 15.2 Å². The maximum absolute atomic E-state index is 13.0. The Bertz CT molecular complexity index is 807. The number of aromatic amines is 1. The van der Waals surface area contributed by atoms with Crippen LogP contribution >= 0.6 is 12.4 Å². The number of hydrogen-bond acceptors (Lipinski definition) is 3. The van der Waals surface area contributed by atoms with E-state index in [9.17, 15) is 9.59 Å². The molecule has 0 aliphatic carbocycles. The van der Waals surface area contributed by atoms with E-state index in [1.165, 1.54) is 18.9 Å². The van der Waals surface area contributed by atoms with Crippen LogP contribution in [0.4, 0.5) is 0 Å². The summed E-state index contributed by atoms with van der Waals surface area (Å²) in [7, 11) is 1.87. The molecule has 4 rings (SSSR count). The van der Waals surface area contributed by atoms with Gasteiger partial charge in [0.25, 0.3) is 5.91 Å². The van der Waals surface area contributed by atoms with Crippen molar-refractivity contribution in [3.63, 3.8) is 0 Å². The Morgan fingerprint density at radius 2 is 1.83 bits per heavy atom. The fourth-order valence-corrected chi connectivity index (χ4v) is 4.08. The molecule has 0 saturated carbocycles. The van der Waals surface area contributed by atoms with E-state index in [1.807, 2.05) is 36.2 Å².